The molecule has 3 nitrogen and oxygen atoms in total. The first-order valence-electron chi connectivity index (χ1n) is 6.86. The van der Waals surface area contributed by atoms with E-state index in [1.807, 2.05) is 12.1 Å². The van der Waals surface area contributed by atoms with E-state index in [4.69, 9.17) is 16.3 Å². The van der Waals surface area contributed by atoms with Gasteiger partial charge < -0.3 is 10.1 Å². The van der Waals surface area contributed by atoms with Crippen molar-refractivity contribution in [3.8, 4) is 0 Å². The number of halogens is 1. The van der Waals surface area contributed by atoms with Crippen molar-refractivity contribution in [2.45, 2.75) is 25.9 Å². The average Bonchev–Trinajstić information content (AvgIpc) is 2.42. The third kappa shape index (κ3) is 4.46. The minimum absolute atomic E-state index is 0.163. The van der Waals surface area contributed by atoms with Gasteiger partial charge in [-0.3, -0.25) is 4.90 Å². The lowest BCUT2D eigenvalue weighted by Gasteiger charge is -2.41. The molecular formula is C15H23ClN2O. The van der Waals surface area contributed by atoms with Gasteiger partial charge in [0.25, 0.3) is 0 Å². The van der Waals surface area contributed by atoms with Crippen LogP contribution in [-0.2, 0) is 11.3 Å². The van der Waals surface area contributed by atoms with Gasteiger partial charge in [0.2, 0.25) is 0 Å². The summed E-state index contributed by atoms with van der Waals surface area (Å²) in [6.07, 6.45) is 0. The lowest BCUT2D eigenvalue weighted by atomic mass is 10.0. The van der Waals surface area contributed by atoms with Crippen molar-refractivity contribution in [3.05, 3.63) is 34.9 Å². The van der Waals surface area contributed by atoms with Crippen molar-refractivity contribution >= 4 is 11.6 Å². The molecule has 4 heteroatoms. The molecule has 0 atom stereocenters. The molecule has 0 aliphatic carbocycles. The van der Waals surface area contributed by atoms with Gasteiger partial charge in [0.05, 0.1) is 13.2 Å². The highest BCUT2D eigenvalue weighted by Gasteiger charge is 2.27. The van der Waals surface area contributed by atoms with Gasteiger partial charge in [0.1, 0.15) is 0 Å². The van der Waals surface area contributed by atoms with Crippen molar-refractivity contribution in [2.24, 2.45) is 0 Å². The molecule has 1 aromatic carbocycles. The van der Waals surface area contributed by atoms with Crippen LogP contribution in [0.2, 0.25) is 5.02 Å². The van der Waals surface area contributed by atoms with Crippen LogP contribution in [0.5, 0.6) is 0 Å². The van der Waals surface area contributed by atoms with Gasteiger partial charge in [-0.1, -0.05) is 23.7 Å². The molecule has 1 aliphatic heterocycles. The number of nitrogens with one attached hydrogen (secondary N) is 1. The fourth-order valence-corrected chi connectivity index (χ4v) is 2.52. The Morgan fingerprint density at radius 2 is 1.84 bits per heavy atom. The van der Waals surface area contributed by atoms with E-state index in [0.29, 0.717) is 0 Å². The van der Waals surface area contributed by atoms with Gasteiger partial charge >= 0.3 is 0 Å². The molecule has 0 saturated carbocycles. The van der Waals surface area contributed by atoms with E-state index in [0.717, 1.165) is 44.4 Å². The third-order valence-electron chi connectivity index (χ3n) is 3.67. The molecule has 0 amide bonds. The van der Waals surface area contributed by atoms with Crippen LogP contribution in [0.4, 0.5) is 0 Å². The van der Waals surface area contributed by atoms with Gasteiger partial charge in [0, 0.05) is 36.7 Å². The zero-order valence-electron chi connectivity index (χ0n) is 11.8. The number of hydrogen-bond acceptors (Lipinski definition) is 3. The first-order valence-corrected chi connectivity index (χ1v) is 7.24. The second-order valence-electron chi connectivity index (χ2n) is 5.64. The predicted molar refractivity (Wildman–Crippen MR) is 79.6 cm³/mol. The van der Waals surface area contributed by atoms with Crippen LogP contribution >= 0.6 is 11.6 Å². The van der Waals surface area contributed by atoms with Gasteiger partial charge in [0.15, 0.2) is 0 Å². The van der Waals surface area contributed by atoms with Crippen molar-refractivity contribution in [1.29, 1.82) is 0 Å². The number of morpholine rings is 1. The van der Waals surface area contributed by atoms with E-state index in [-0.39, 0.29) is 5.54 Å². The maximum Gasteiger partial charge on any atom is 0.0594 e. The summed E-state index contributed by atoms with van der Waals surface area (Å²) in [7, 11) is 0. The maximum absolute atomic E-state index is 5.88. The van der Waals surface area contributed by atoms with E-state index >= 15 is 0 Å². The molecule has 1 aliphatic rings. The van der Waals surface area contributed by atoms with Crippen molar-refractivity contribution in [1.82, 2.24) is 10.2 Å². The summed E-state index contributed by atoms with van der Waals surface area (Å²) in [4.78, 5) is 2.49. The molecule has 0 unspecified atom stereocenters. The maximum atomic E-state index is 5.88. The van der Waals surface area contributed by atoms with Gasteiger partial charge in [-0.25, -0.2) is 0 Å². The zero-order chi connectivity index (χ0) is 13.7. The monoisotopic (exact) mass is 282 g/mol. The Kier molecular flexibility index (Phi) is 5.22. The minimum Gasteiger partial charge on any atom is -0.379 e. The summed E-state index contributed by atoms with van der Waals surface area (Å²) in [5, 5.41) is 4.32. The Balaban J connectivity index is 1.78. The quantitative estimate of drug-likeness (QED) is 0.898. The van der Waals surface area contributed by atoms with E-state index in [1.54, 1.807) is 0 Å². The van der Waals surface area contributed by atoms with E-state index < -0.39 is 0 Å². The fourth-order valence-electron chi connectivity index (χ4n) is 2.40. The first kappa shape index (κ1) is 14.8. The SMILES string of the molecule is CC(C)(CNCc1ccc(Cl)cc1)N1CCOCC1. The Morgan fingerprint density at radius 3 is 2.47 bits per heavy atom. The number of hydrogen-bond donors (Lipinski definition) is 1. The lowest BCUT2D eigenvalue weighted by Crippen LogP contribution is -2.54. The molecule has 1 saturated heterocycles. The van der Waals surface area contributed by atoms with Crippen LogP contribution < -0.4 is 5.32 Å². The number of ether oxygens (including phenoxy) is 1. The second kappa shape index (κ2) is 6.71. The molecular weight excluding hydrogens is 260 g/mol. The van der Waals surface area contributed by atoms with Crippen LogP contribution in [-0.4, -0.2) is 43.3 Å². The Morgan fingerprint density at radius 1 is 1.21 bits per heavy atom. The molecule has 2 rings (SSSR count). The van der Waals surface area contributed by atoms with Gasteiger partial charge in [-0.15, -0.1) is 0 Å². The zero-order valence-corrected chi connectivity index (χ0v) is 12.5. The molecule has 1 aromatic rings. The predicted octanol–water partition coefficient (Wildman–Crippen LogP) is 2.54. The summed E-state index contributed by atoms with van der Waals surface area (Å²) in [5.74, 6) is 0. The highest BCUT2D eigenvalue weighted by Crippen LogP contribution is 2.15. The summed E-state index contributed by atoms with van der Waals surface area (Å²) in [6.45, 7) is 10.2. The standard InChI is InChI=1S/C15H23ClN2O/c1-15(2,18-7-9-19-10-8-18)12-17-11-13-3-5-14(16)6-4-13/h3-6,17H,7-12H2,1-2H3. The number of nitrogens with zero attached hydrogens (tertiary/aromatic N) is 1. The van der Waals surface area contributed by atoms with E-state index in [1.165, 1.54) is 5.56 Å². The van der Waals surface area contributed by atoms with Crippen LogP contribution in [0.3, 0.4) is 0 Å². The van der Waals surface area contributed by atoms with Crippen LogP contribution in [0.1, 0.15) is 19.4 Å². The normalized spacial score (nSPS) is 17.6. The topological polar surface area (TPSA) is 24.5 Å². The molecule has 1 heterocycles. The average molecular weight is 283 g/mol. The lowest BCUT2D eigenvalue weighted by molar-refractivity contribution is -0.00966. The van der Waals surface area contributed by atoms with E-state index in [9.17, 15) is 0 Å². The number of rotatable bonds is 5. The summed E-state index contributed by atoms with van der Waals surface area (Å²) in [5.41, 5.74) is 1.43. The van der Waals surface area contributed by atoms with Crippen LogP contribution in [0, 0.1) is 0 Å². The molecule has 0 aromatic heterocycles. The summed E-state index contributed by atoms with van der Waals surface area (Å²) < 4.78 is 5.41. The van der Waals surface area contributed by atoms with Crippen molar-refractivity contribution < 1.29 is 4.74 Å². The molecule has 106 valence electrons. The summed E-state index contributed by atoms with van der Waals surface area (Å²) in [6, 6.07) is 8.01. The minimum atomic E-state index is 0.163. The summed E-state index contributed by atoms with van der Waals surface area (Å²) >= 11 is 5.88. The third-order valence-corrected chi connectivity index (χ3v) is 3.92. The van der Waals surface area contributed by atoms with Crippen molar-refractivity contribution in [2.75, 3.05) is 32.8 Å². The van der Waals surface area contributed by atoms with Gasteiger partial charge in [-0.05, 0) is 31.5 Å². The molecule has 0 radical (unpaired) electrons. The molecule has 19 heavy (non-hydrogen) atoms. The largest absolute Gasteiger partial charge is 0.379 e. The Bertz CT molecular complexity index is 386. The highest BCUT2D eigenvalue weighted by atomic mass is 35.5. The fraction of sp³-hybridized carbons (Fsp3) is 0.600. The second-order valence-corrected chi connectivity index (χ2v) is 6.08. The molecule has 0 spiro atoms. The van der Waals surface area contributed by atoms with Gasteiger partial charge in [-0.2, -0.15) is 0 Å². The van der Waals surface area contributed by atoms with Crippen LogP contribution in [0.15, 0.2) is 24.3 Å². The van der Waals surface area contributed by atoms with Crippen LogP contribution in [0.25, 0.3) is 0 Å². The molecule has 0 bridgehead atoms. The number of benzene rings is 1. The van der Waals surface area contributed by atoms with Crippen molar-refractivity contribution in [3.63, 3.8) is 0 Å². The first-order chi connectivity index (χ1) is 9.08. The Hall–Kier alpha value is -0.610. The molecule has 1 N–H and O–H groups in total. The van der Waals surface area contributed by atoms with E-state index in [2.05, 4.69) is 36.2 Å². The highest BCUT2D eigenvalue weighted by molar-refractivity contribution is 6.30. The smallest absolute Gasteiger partial charge is 0.0594 e. The molecule has 1 fully saturated rings. The Labute approximate surface area is 120 Å².